The molecule has 1 aromatic heterocycles. The van der Waals surface area contributed by atoms with Gasteiger partial charge in [0.2, 0.25) is 0 Å². The molecule has 1 heterocycles. The van der Waals surface area contributed by atoms with E-state index in [0.29, 0.717) is 12.1 Å². The Morgan fingerprint density at radius 2 is 2.26 bits per heavy atom. The van der Waals surface area contributed by atoms with E-state index in [2.05, 4.69) is 15.8 Å². The number of anilines is 1. The number of amides is 1. The summed E-state index contributed by atoms with van der Waals surface area (Å²) in [5.74, 6) is 5.22. The molecular weight excluding hydrogens is 242 g/mol. The largest absolute Gasteiger partial charge is 0.348 e. The van der Waals surface area contributed by atoms with Crippen LogP contribution in [0.3, 0.4) is 0 Å². The van der Waals surface area contributed by atoms with Crippen LogP contribution in [0.5, 0.6) is 0 Å². The smallest absolute Gasteiger partial charge is 0.251 e. The van der Waals surface area contributed by atoms with Crippen molar-refractivity contribution < 1.29 is 4.79 Å². The maximum absolute atomic E-state index is 12.1. The first-order valence-electron chi connectivity index (χ1n) is 5.93. The zero-order chi connectivity index (χ0) is 13.8. The summed E-state index contributed by atoms with van der Waals surface area (Å²) in [7, 11) is 1.84. The molecule has 0 saturated heterocycles. The van der Waals surface area contributed by atoms with Crippen LogP contribution >= 0.6 is 0 Å². The first kappa shape index (κ1) is 13.1. The van der Waals surface area contributed by atoms with E-state index in [9.17, 15) is 4.79 Å². The van der Waals surface area contributed by atoms with E-state index in [1.54, 1.807) is 23.0 Å². The van der Waals surface area contributed by atoms with Gasteiger partial charge in [-0.25, -0.2) is 0 Å². The van der Waals surface area contributed by atoms with E-state index in [1.807, 2.05) is 26.2 Å². The van der Waals surface area contributed by atoms with Gasteiger partial charge in [-0.05, 0) is 30.7 Å². The highest BCUT2D eigenvalue weighted by Crippen LogP contribution is 2.14. The van der Waals surface area contributed by atoms with Crippen molar-refractivity contribution in [2.75, 3.05) is 5.43 Å². The van der Waals surface area contributed by atoms with Crippen molar-refractivity contribution in [1.29, 1.82) is 0 Å². The van der Waals surface area contributed by atoms with Gasteiger partial charge >= 0.3 is 0 Å². The third-order valence-electron chi connectivity index (χ3n) is 2.85. The van der Waals surface area contributed by atoms with Crippen LogP contribution in [-0.4, -0.2) is 15.7 Å². The highest BCUT2D eigenvalue weighted by Gasteiger charge is 2.09. The third-order valence-corrected chi connectivity index (χ3v) is 2.85. The van der Waals surface area contributed by atoms with Crippen molar-refractivity contribution in [1.82, 2.24) is 15.1 Å². The van der Waals surface area contributed by atoms with Crippen molar-refractivity contribution in [2.45, 2.75) is 13.5 Å². The second-order valence-electron chi connectivity index (χ2n) is 4.38. The number of carbonyl (C=O) groups is 1. The lowest BCUT2D eigenvalue weighted by atomic mass is 10.1. The Morgan fingerprint density at radius 1 is 1.47 bits per heavy atom. The second kappa shape index (κ2) is 5.53. The monoisotopic (exact) mass is 259 g/mol. The molecule has 2 aromatic rings. The van der Waals surface area contributed by atoms with Crippen molar-refractivity contribution >= 4 is 11.6 Å². The molecule has 0 bridgehead atoms. The number of hydrogen-bond acceptors (Lipinski definition) is 4. The molecule has 0 fully saturated rings. The van der Waals surface area contributed by atoms with Crippen LogP contribution in [0.25, 0.3) is 0 Å². The predicted octanol–water partition coefficient (Wildman–Crippen LogP) is 0.944. The van der Waals surface area contributed by atoms with Gasteiger partial charge in [0, 0.05) is 36.6 Å². The summed E-state index contributed by atoms with van der Waals surface area (Å²) >= 11 is 0. The highest BCUT2D eigenvalue weighted by molar-refractivity contribution is 5.96. The van der Waals surface area contributed by atoms with Gasteiger partial charge in [-0.2, -0.15) is 5.10 Å². The lowest BCUT2D eigenvalue weighted by Crippen LogP contribution is -2.23. The number of hydrogen-bond donors (Lipinski definition) is 3. The maximum atomic E-state index is 12.1. The highest BCUT2D eigenvalue weighted by atomic mass is 16.1. The number of rotatable bonds is 4. The van der Waals surface area contributed by atoms with Crippen LogP contribution < -0.4 is 16.6 Å². The standard InChI is InChI=1S/C13H17N5O/c1-9-5-11(17-14)3-4-12(9)13(19)15-6-10-7-16-18(2)8-10/h3-5,7-8,17H,6,14H2,1-2H3,(H,15,19). The zero-order valence-corrected chi connectivity index (χ0v) is 11.0. The number of nitrogen functional groups attached to an aromatic ring is 1. The normalized spacial score (nSPS) is 10.3. The molecule has 1 amide bonds. The van der Waals surface area contributed by atoms with Crippen molar-refractivity contribution in [3.05, 3.63) is 47.3 Å². The number of carbonyl (C=O) groups excluding carboxylic acids is 1. The first-order valence-corrected chi connectivity index (χ1v) is 5.93. The number of hydrazine groups is 1. The SMILES string of the molecule is Cc1cc(NN)ccc1C(=O)NCc1cnn(C)c1. The zero-order valence-electron chi connectivity index (χ0n) is 11.0. The van der Waals surface area contributed by atoms with Gasteiger partial charge < -0.3 is 10.7 Å². The number of nitrogens with one attached hydrogen (secondary N) is 2. The molecule has 2 rings (SSSR count). The number of aryl methyl sites for hydroxylation is 2. The topological polar surface area (TPSA) is 85.0 Å². The molecule has 19 heavy (non-hydrogen) atoms. The number of aromatic nitrogens is 2. The maximum Gasteiger partial charge on any atom is 0.251 e. The number of nitrogens with zero attached hydrogens (tertiary/aromatic N) is 2. The summed E-state index contributed by atoms with van der Waals surface area (Å²) in [4.78, 5) is 12.1. The van der Waals surface area contributed by atoms with Crippen LogP contribution in [0.15, 0.2) is 30.6 Å². The predicted molar refractivity (Wildman–Crippen MR) is 73.4 cm³/mol. The first-order chi connectivity index (χ1) is 9.10. The summed E-state index contributed by atoms with van der Waals surface area (Å²) in [6, 6.07) is 5.36. The Labute approximate surface area is 111 Å². The molecule has 0 aliphatic heterocycles. The summed E-state index contributed by atoms with van der Waals surface area (Å²) in [5.41, 5.74) is 5.81. The Morgan fingerprint density at radius 3 is 2.84 bits per heavy atom. The molecule has 0 aliphatic rings. The van der Waals surface area contributed by atoms with E-state index in [1.165, 1.54) is 0 Å². The lowest BCUT2D eigenvalue weighted by Gasteiger charge is -2.08. The fourth-order valence-corrected chi connectivity index (χ4v) is 1.85. The van der Waals surface area contributed by atoms with Gasteiger partial charge in [0.15, 0.2) is 0 Å². The van der Waals surface area contributed by atoms with Gasteiger partial charge in [0.25, 0.3) is 5.91 Å². The molecule has 4 N–H and O–H groups in total. The van der Waals surface area contributed by atoms with Gasteiger partial charge in [-0.1, -0.05) is 0 Å². The Bertz CT molecular complexity index is 590. The molecule has 0 saturated carbocycles. The third kappa shape index (κ3) is 3.11. The molecule has 1 aromatic carbocycles. The molecular formula is C13H17N5O. The molecule has 6 heteroatoms. The minimum absolute atomic E-state index is 0.107. The minimum Gasteiger partial charge on any atom is -0.348 e. The molecule has 0 unspecified atom stereocenters. The Balaban J connectivity index is 2.03. The summed E-state index contributed by atoms with van der Waals surface area (Å²) < 4.78 is 1.70. The second-order valence-corrected chi connectivity index (χ2v) is 4.38. The fraction of sp³-hybridized carbons (Fsp3) is 0.231. The Hall–Kier alpha value is -2.34. The number of nitrogens with two attached hydrogens (primary N) is 1. The van der Waals surface area contributed by atoms with Crippen LogP contribution in [0.1, 0.15) is 21.5 Å². The molecule has 0 atom stereocenters. The van der Waals surface area contributed by atoms with Crippen molar-refractivity contribution in [3.8, 4) is 0 Å². The molecule has 0 spiro atoms. The van der Waals surface area contributed by atoms with E-state index in [4.69, 9.17) is 5.84 Å². The molecule has 0 aliphatic carbocycles. The van der Waals surface area contributed by atoms with Gasteiger partial charge in [-0.3, -0.25) is 15.3 Å². The van der Waals surface area contributed by atoms with Gasteiger partial charge in [0.1, 0.15) is 0 Å². The van der Waals surface area contributed by atoms with Crippen LogP contribution in [0, 0.1) is 6.92 Å². The number of benzene rings is 1. The quantitative estimate of drug-likeness (QED) is 0.563. The van der Waals surface area contributed by atoms with Crippen molar-refractivity contribution in [3.63, 3.8) is 0 Å². The van der Waals surface area contributed by atoms with E-state index in [0.717, 1.165) is 16.8 Å². The summed E-state index contributed by atoms with van der Waals surface area (Å²) in [6.45, 7) is 2.34. The van der Waals surface area contributed by atoms with Crippen LogP contribution in [-0.2, 0) is 13.6 Å². The van der Waals surface area contributed by atoms with Crippen LogP contribution in [0.4, 0.5) is 5.69 Å². The van der Waals surface area contributed by atoms with Gasteiger partial charge in [-0.15, -0.1) is 0 Å². The van der Waals surface area contributed by atoms with Gasteiger partial charge in [0.05, 0.1) is 6.20 Å². The van der Waals surface area contributed by atoms with Crippen LogP contribution in [0.2, 0.25) is 0 Å². The molecule has 6 nitrogen and oxygen atoms in total. The van der Waals surface area contributed by atoms with Crippen molar-refractivity contribution in [2.24, 2.45) is 12.9 Å². The average molecular weight is 259 g/mol. The van der Waals surface area contributed by atoms with E-state index < -0.39 is 0 Å². The minimum atomic E-state index is -0.107. The lowest BCUT2D eigenvalue weighted by molar-refractivity contribution is 0.0950. The Kier molecular flexibility index (Phi) is 3.82. The molecule has 100 valence electrons. The summed E-state index contributed by atoms with van der Waals surface area (Å²) in [5, 5.41) is 6.91. The fourth-order valence-electron chi connectivity index (χ4n) is 1.85. The molecule has 0 radical (unpaired) electrons. The van der Waals surface area contributed by atoms with E-state index >= 15 is 0 Å². The average Bonchev–Trinajstić information content (AvgIpc) is 2.81. The van der Waals surface area contributed by atoms with E-state index in [-0.39, 0.29) is 5.91 Å². The summed E-state index contributed by atoms with van der Waals surface area (Å²) in [6.07, 6.45) is 3.60.